The summed E-state index contributed by atoms with van der Waals surface area (Å²) >= 11 is 0. The molecule has 0 saturated carbocycles. The van der Waals surface area contributed by atoms with Crippen LogP contribution in [-0.4, -0.2) is 24.5 Å². The van der Waals surface area contributed by atoms with E-state index in [0.717, 1.165) is 22.9 Å². The van der Waals surface area contributed by atoms with Gasteiger partial charge in [-0.05, 0) is 36.4 Å². The summed E-state index contributed by atoms with van der Waals surface area (Å²) in [6.45, 7) is 0. The molecule has 22 heavy (non-hydrogen) atoms. The first-order chi connectivity index (χ1) is 10.9. The van der Waals surface area contributed by atoms with E-state index >= 15 is 0 Å². The Morgan fingerprint density at radius 2 is 1.55 bits per heavy atom. The summed E-state index contributed by atoms with van der Waals surface area (Å²) in [5, 5.41) is 8.67. The van der Waals surface area contributed by atoms with Crippen LogP contribution in [0.1, 0.15) is 0 Å². The molecule has 0 aliphatic carbocycles. The van der Waals surface area contributed by atoms with Gasteiger partial charge in [-0.1, -0.05) is 29.5 Å². The van der Waals surface area contributed by atoms with Crippen molar-refractivity contribution in [3.8, 4) is 22.9 Å². The zero-order valence-corrected chi connectivity index (χ0v) is 11.7. The fourth-order valence-electron chi connectivity index (χ4n) is 2.40. The molecule has 5 heteroatoms. The molecule has 106 valence electrons. The van der Waals surface area contributed by atoms with Crippen LogP contribution in [0.2, 0.25) is 0 Å². The lowest BCUT2D eigenvalue weighted by molar-refractivity contribution is 0.775. The van der Waals surface area contributed by atoms with Gasteiger partial charge >= 0.3 is 0 Å². The minimum Gasteiger partial charge on any atom is -0.307 e. The van der Waals surface area contributed by atoms with Crippen molar-refractivity contribution in [1.82, 2.24) is 24.5 Å². The molecule has 0 atom stereocenters. The summed E-state index contributed by atoms with van der Waals surface area (Å²) in [5.41, 5.74) is 2.51. The van der Waals surface area contributed by atoms with Crippen LogP contribution < -0.4 is 0 Å². The quantitative estimate of drug-likeness (QED) is 0.581. The molecule has 0 radical (unpaired) electrons. The Morgan fingerprint density at radius 1 is 0.773 bits per heavy atom. The van der Waals surface area contributed by atoms with Gasteiger partial charge in [0.15, 0.2) is 11.5 Å². The molecule has 3 aromatic heterocycles. The van der Waals surface area contributed by atoms with Gasteiger partial charge in [-0.2, -0.15) is 4.68 Å². The molecule has 0 spiro atoms. The minimum absolute atomic E-state index is 0.751. The number of rotatable bonds is 3. The maximum absolute atomic E-state index is 4.40. The zero-order valence-electron chi connectivity index (χ0n) is 11.7. The molecule has 0 saturated heterocycles. The number of para-hydroxylation sites is 1. The van der Waals surface area contributed by atoms with Gasteiger partial charge in [0.05, 0.1) is 11.4 Å². The third-order valence-electron chi connectivity index (χ3n) is 3.40. The SMILES string of the molecule is c1ccc(-n2nnc(-c3ccccn3)c2-n2cccc2)cc1. The summed E-state index contributed by atoms with van der Waals surface area (Å²) in [6.07, 6.45) is 5.71. The van der Waals surface area contributed by atoms with E-state index in [0.29, 0.717) is 0 Å². The monoisotopic (exact) mass is 287 g/mol. The van der Waals surface area contributed by atoms with Gasteiger partial charge in [-0.3, -0.25) is 4.98 Å². The predicted octanol–water partition coefficient (Wildman–Crippen LogP) is 3.12. The van der Waals surface area contributed by atoms with Crippen LogP contribution >= 0.6 is 0 Å². The molecule has 0 unspecified atom stereocenters. The zero-order chi connectivity index (χ0) is 14.8. The maximum atomic E-state index is 4.40. The van der Waals surface area contributed by atoms with Crippen molar-refractivity contribution in [2.75, 3.05) is 0 Å². The lowest BCUT2D eigenvalue weighted by Gasteiger charge is -2.08. The molecule has 3 heterocycles. The normalized spacial score (nSPS) is 10.7. The first-order valence-corrected chi connectivity index (χ1v) is 6.99. The van der Waals surface area contributed by atoms with Crippen LogP contribution in [0.25, 0.3) is 22.9 Å². The van der Waals surface area contributed by atoms with Gasteiger partial charge in [0.25, 0.3) is 0 Å². The molecule has 4 aromatic rings. The van der Waals surface area contributed by atoms with Crippen LogP contribution in [0.3, 0.4) is 0 Å². The van der Waals surface area contributed by atoms with Crippen LogP contribution in [-0.2, 0) is 0 Å². The highest BCUT2D eigenvalue weighted by Gasteiger charge is 2.17. The Labute approximate surface area is 127 Å². The van der Waals surface area contributed by atoms with E-state index < -0.39 is 0 Å². The highest BCUT2D eigenvalue weighted by molar-refractivity contribution is 5.64. The average molecular weight is 287 g/mol. The van der Waals surface area contributed by atoms with Crippen molar-refractivity contribution in [2.24, 2.45) is 0 Å². The molecule has 1 aromatic carbocycles. The highest BCUT2D eigenvalue weighted by Crippen LogP contribution is 2.25. The minimum atomic E-state index is 0.751. The third-order valence-corrected chi connectivity index (χ3v) is 3.40. The molecule has 0 aliphatic heterocycles. The fourth-order valence-corrected chi connectivity index (χ4v) is 2.40. The van der Waals surface area contributed by atoms with Crippen LogP contribution in [0.15, 0.2) is 79.3 Å². The summed E-state index contributed by atoms with van der Waals surface area (Å²) in [7, 11) is 0. The molecule has 0 fully saturated rings. The maximum Gasteiger partial charge on any atom is 0.170 e. The summed E-state index contributed by atoms with van der Waals surface area (Å²) in [4.78, 5) is 4.40. The molecule has 4 rings (SSSR count). The molecule has 0 N–H and O–H groups in total. The van der Waals surface area contributed by atoms with Crippen molar-refractivity contribution in [1.29, 1.82) is 0 Å². The Kier molecular flexibility index (Phi) is 3.01. The lowest BCUT2D eigenvalue weighted by atomic mass is 10.2. The van der Waals surface area contributed by atoms with Gasteiger partial charge in [-0.15, -0.1) is 5.10 Å². The number of benzene rings is 1. The summed E-state index contributed by atoms with van der Waals surface area (Å²) < 4.78 is 3.82. The van der Waals surface area contributed by atoms with Crippen molar-refractivity contribution < 1.29 is 0 Å². The lowest BCUT2D eigenvalue weighted by Crippen LogP contribution is -2.05. The first-order valence-electron chi connectivity index (χ1n) is 6.99. The second-order valence-electron chi connectivity index (χ2n) is 4.81. The van der Waals surface area contributed by atoms with E-state index in [1.54, 1.807) is 6.20 Å². The van der Waals surface area contributed by atoms with E-state index in [1.807, 2.05) is 82.3 Å². The van der Waals surface area contributed by atoms with Gasteiger partial charge < -0.3 is 4.57 Å². The number of nitrogens with zero attached hydrogens (tertiary/aromatic N) is 5. The summed E-state index contributed by atoms with van der Waals surface area (Å²) in [6, 6.07) is 19.7. The smallest absolute Gasteiger partial charge is 0.170 e. The predicted molar refractivity (Wildman–Crippen MR) is 83.9 cm³/mol. The van der Waals surface area contributed by atoms with Gasteiger partial charge in [0.2, 0.25) is 0 Å². The molecule has 5 nitrogen and oxygen atoms in total. The number of aromatic nitrogens is 5. The van der Waals surface area contributed by atoms with Gasteiger partial charge in [-0.25, -0.2) is 0 Å². The average Bonchev–Trinajstić information content (AvgIpc) is 3.25. The Balaban J connectivity index is 1.96. The third kappa shape index (κ3) is 2.09. The number of pyridine rings is 1. The number of hydrogen-bond donors (Lipinski definition) is 0. The van der Waals surface area contributed by atoms with Crippen molar-refractivity contribution in [2.45, 2.75) is 0 Å². The Hall–Kier alpha value is -3.21. The van der Waals surface area contributed by atoms with E-state index in [1.165, 1.54) is 0 Å². The van der Waals surface area contributed by atoms with Crippen LogP contribution in [0.4, 0.5) is 0 Å². The van der Waals surface area contributed by atoms with Gasteiger partial charge in [0, 0.05) is 18.6 Å². The van der Waals surface area contributed by atoms with Crippen LogP contribution in [0, 0.1) is 0 Å². The topological polar surface area (TPSA) is 48.5 Å². The second kappa shape index (κ2) is 5.29. The molecule has 0 amide bonds. The summed E-state index contributed by atoms with van der Waals surface area (Å²) in [5.74, 6) is 0.870. The van der Waals surface area contributed by atoms with Crippen molar-refractivity contribution in [3.63, 3.8) is 0 Å². The number of hydrogen-bond acceptors (Lipinski definition) is 3. The van der Waals surface area contributed by atoms with E-state index in [-0.39, 0.29) is 0 Å². The van der Waals surface area contributed by atoms with E-state index in [2.05, 4.69) is 15.3 Å². The standard InChI is InChI=1S/C17H13N5/c1-2-8-14(9-3-1)22-17(21-12-6-7-13-21)16(19-20-22)15-10-4-5-11-18-15/h1-13H. The Morgan fingerprint density at radius 3 is 2.27 bits per heavy atom. The molecule has 0 aliphatic rings. The van der Waals surface area contributed by atoms with Crippen molar-refractivity contribution >= 4 is 0 Å². The molecule has 0 bridgehead atoms. The first kappa shape index (κ1) is 12.5. The molecular weight excluding hydrogens is 274 g/mol. The molecular formula is C17H13N5. The fraction of sp³-hybridized carbons (Fsp3) is 0. The van der Waals surface area contributed by atoms with Gasteiger partial charge in [0.1, 0.15) is 0 Å². The Bertz CT molecular complexity index is 807. The van der Waals surface area contributed by atoms with Crippen molar-refractivity contribution in [3.05, 3.63) is 79.3 Å². The van der Waals surface area contributed by atoms with E-state index in [4.69, 9.17) is 0 Å². The highest BCUT2D eigenvalue weighted by atomic mass is 15.5. The largest absolute Gasteiger partial charge is 0.307 e. The van der Waals surface area contributed by atoms with E-state index in [9.17, 15) is 0 Å². The van der Waals surface area contributed by atoms with Crippen LogP contribution in [0.5, 0.6) is 0 Å². The second-order valence-corrected chi connectivity index (χ2v) is 4.81.